The average Bonchev–Trinajstić information content (AvgIpc) is 2.86. The van der Waals surface area contributed by atoms with Gasteiger partial charge in [0.2, 0.25) is 5.89 Å². The Hall–Kier alpha value is -1.14. The van der Waals surface area contributed by atoms with Crippen LogP contribution in [-0.4, -0.2) is 43.0 Å². The van der Waals surface area contributed by atoms with E-state index in [1.54, 1.807) is 0 Å². The molecule has 0 aliphatic carbocycles. The zero-order valence-electron chi connectivity index (χ0n) is 12.1. The van der Waals surface area contributed by atoms with Crippen molar-refractivity contribution in [1.82, 2.24) is 15.5 Å². The Kier molecular flexibility index (Phi) is 5.15. The largest absolute Gasteiger partial charge is 0.407 e. The minimum absolute atomic E-state index is 0.412. The quantitative estimate of drug-likeness (QED) is 0.842. The summed E-state index contributed by atoms with van der Waals surface area (Å²) in [5.74, 6) is 1.30. The summed E-state index contributed by atoms with van der Waals surface area (Å²) in [6.07, 6.45) is 2.22. The van der Waals surface area contributed by atoms with E-state index in [1.807, 2.05) is 11.9 Å². The van der Waals surface area contributed by atoms with Crippen LogP contribution in [0.15, 0.2) is 4.42 Å². The molecule has 1 aliphatic heterocycles. The summed E-state index contributed by atoms with van der Waals surface area (Å²) < 4.78 is 11.0. The van der Waals surface area contributed by atoms with Crippen LogP contribution in [-0.2, 0) is 11.3 Å². The number of hydrogen-bond acceptors (Lipinski definition) is 6. The Morgan fingerprint density at radius 1 is 1.32 bits per heavy atom. The van der Waals surface area contributed by atoms with Gasteiger partial charge in [-0.3, -0.25) is 0 Å². The van der Waals surface area contributed by atoms with Gasteiger partial charge in [0.15, 0.2) is 0 Å². The van der Waals surface area contributed by atoms with E-state index in [2.05, 4.69) is 29.4 Å². The first-order chi connectivity index (χ1) is 9.15. The van der Waals surface area contributed by atoms with Crippen molar-refractivity contribution < 1.29 is 9.15 Å². The molecule has 0 radical (unpaired) electrons. The van der Waals surface area contributed by atoms with Crippen LogP contribution in [0.25, 0.3) is 0 Å². The highest BCUT2D eigenvalue weighted by Gasteiger charge is 2.18. The molecule has 0 amide bonds. The van der Waals surface area contributed by atoms with E-state index < -0.39 is 0 Å². The Balaban J connectivity index is 1.82. The van der Waals surface area contributed by atoms with Gasteiger partial charge in [-0.25, -0.2) is 0 Å². The molecule has 1 fully saturated rings. The van der Waals surface area contributed by atoms with Crippen molar-refractivity contribution in [3.8, 4) is 0 Å². The molecular weight excluding hydrogens is 244 g/mol. The molecule has 1 aliphatic rings. The molecule has 1 N–H and O–H groups in total. The molecule has 0 spiro atoms. The smallest absolute Gasteiger partial charge is 0.317 e. The topological polar surface area (TPSA) is 63.4 Å². The van der Waals surface area contributed by atoms with Gasteiger partial charge in [-0.05, 0) is 18.8 Å². The Morgan fingerprint density at radius 3 is 2.74 bits per heavy atom. The first-order valence-electron chi connectivity index (χ1n) is 7.00. The van der Waals surface area contributed by atoms with Crippen molar-refractivity contribution in [1.29, 1.82) is 0 Å². The monoisotopic (exact) mass is 268 g/mol. The maximum absolute atomic E-state index is 5.65. The minimum atomic E-state index is 0.412. The summed E-state index contributed by atoms with van der Waals surface area (Å²) in [6.45, 7) is 7.49. The molecule has 1 aromatic heterocycles. The van der Waals surface area contributed by atoms with Crippen LogP contribution in [0, 0.1) is 5.92 Å². The number of anilines is 1. The molecule has 6 nitrogen and oxygen atoms in total. The Bertz CT molecular complexity index is 374. The van der Waals surface area contributed by atoms with E-state index in [9.17, 15) is 0 Å². The van der Waals surface area contributed by atoms with Crippen LogP contribution >= 0.6 is 0 Å². The van der Waals surface area contributed by atoms with E-state index in [0.717, 1.165) is 32.6 Å². The van der Waals surface area contributed by atoms with Gasteiger partial charge in [0, 0.05) is 32.8 Å². The van der Waals surface area contributed by atoms with E-state index in [-0.39, 0.29) is 0 Å². The third kappa shape index (κ3) is 4.47. The number of hydrogen-bond donors (Lipinski definition) is 1. The van der Waals surface area contributed by atoms with Crippen molar-refractivity contribution in [2.24, 2.45) is 5.92 Å². The van der Waals surface area contributed by atoms with Gasteiger partial charge >= 0.3 is 6.01 Å². The molecule has 0 atom stereocenters. The van der Waals surface area contributed by atoms with Crippen LogP contribution in [0.4, 0.5) is 6.01 Å². The van der Waals surface area contributed by atoms with Crippen molar-refractivity contribution >= 4 is 6.01 Å². The highest BCUT2D eigenvalue weighted by atomic mass is 16.5. The maximum atomic E-state index is 5.65. The first-order valence-corrected chi connectivity index (χ1v) is 7.00. The predicted molar refractivity (Wildman–Crippen MR) is 73.1 cm³/mol. The summed E-state index contributed by atoms with van der Waals surface area (Å²) >= 11 is 0. The minimum Gasteiger partial charge on any atom is -0.407 e. The molecule has 19 heavy (non-hydrogen) atoms. The molecule has 2 heterocycles. The molecule has 1 saturated heterocycles. The fourth-order valence-electron chi connectivity index (χ4n) is 2.16. The lowest BCUT2D eigenvalue weighted by Crippen LogP contribution is -2.29. The molecule has 2 rings (SSSR count). The zero-order valence-corrected chi connectivity index (χ0v) is 12.1. The molecule has 6 heteroatoms. The summed E-state index contributed by atoms with van der Waals surface area (Å²) in [7, 11) is 2.00. The number of nitrogens with one attached hydrogen (secondary N) is 1. The van der Waals surface area contributed by atoms with Gasteiger partial charge in [-0.15, -0.1) is 5.10 Å². The SMILES string of the molecule is CC(C)NCc1nnc(N(C)CC2CCOCC2)o1. The predicted octanol–water partition coefficient (Wildman–Crippen LogP) is 1.43. The number of rotatable bonds is 6. The summed E-state index contributed by atoms with van der Waals surface area (Å²) in [6, 6.07) is 1.02. The molecule has 0 unspecified atom stereocenters. The van der Waals surface area contributed by atoms with Gasteiger partial charge in [-0.2, -0.15) is 0 Å². The van der Waals surface area contributed by atoms with E-state index >= 15 is 0 Å². The van der Waals surface area contributed by atoms with E-state index in [1.165, 1.54) is 0 Å². The summed E-state index contributed by atoms with van der Waals surface area (Å²) in [5.41, 5.74) is 0. The van der Waals surface area contributed by atoms with E-state index in [0.29, 0.717) is 30.4 Å². The van der Waals surface area contributed by atoms with Crippen molar-refractivity contribution in [3.05, 3.63) is 5.89 Å². The third-order valence-electron chi connectivity index (χ3n) is 3.32. The highest BCUT2D eigenvalue weighted by Crippen LogP contribution is 2.19. The fourth-order valence-corrected chi connectivity index (χ4v) is 2.16. The van der Waals surface area contributed by atoms with Crippen LogP contribution in [0.2, 0.25) is 0 Å². The van der Waals surface area contributed by atoms with Crippen molar-refractivity contribution in [3.63, 3.8) is 0 Å². The van der Waals surface area contributed by atoms with Crippen LogP contribution in [0.5, 0.6) is 0 Å². The van der Waals surface area contributed by atoms with Crippen LogP contribution in [0.1, 0.15) is 32.6 Å². The van der Waals surface area contributed by atoms with Crippen molar-refractivity contribution in [2.75, 3.05) is 31.7 Å². The molecule has 0 bridgehead atoms. The standard InChI is InChI=1S/C13H24N4O2/c1-10(2)14-8-12-15-16-13(19-12)17(3)9-11-4-6-18-7-5-11/h10-11,14H,4-9H2,1-3H3. The summed E-state index contributed by atoms with van der Waals surface area (Å²) in [5, 5.41) is 11.4. The molecule has 0 saturated carbocycles. The molecule has 1 aromatic rings. The normalized spacial score (nSPS) is 17.1. The highest BCUT2D eigenvalue weighted by molar-refractivity contribution is 5.21. The van der Waals surface area contributed by atoms with Gasteiger partial charge < -0.3 is 19.4 Å². The van der Waals surface area contributed by atoms with E-state index in [4.69, 9.17) is 9.15 Å². The maximum Gasteiger partial charge on any atom is 0.317 e. The third-order valence-corrected chi connectivity index (χ3v) is 3.32. The second-order valence-corrected chi connectivity index (χ2v) is 5.45. The first kappa shape index (κ1) is 14.3. The summed E-state index contributed by atoms with van der Waals surface area (Å²) in [4.78, 5) is 2.04. The lowest BCUT2D eigenvalue weighted by molar-refractivity contribution is 0.0682. The average molecular weight is 268 g/mol. The molecule has 108 valence electrons. The van der Waals surface area contributed by atoms with Gasteiger partial charge in [0.1, 0.15) is 0 Å². The lowest BCUT2D eigenvalue weighted by atomic mass is 10.0. The number of ether oxygens (including phenoxy) is 1. The lowest BCUT2D eigenvalue weighted by Gasteiger charge is -2.25. The number of aromatic nitrogens is 2. The van der Waals surface area contributed by atoms with Crippen LogP contribution < -0.4 is 10.2 Å². The Morgan fingerprint density at radius 2 is 2.05 bits per heavy atom. The van der Waals surface area contributed by atoms with Crippen LogP contribution in [0.3, 0.4) is 0 Å². The second kappa shape index (κ2) is 6.86. The van der Waals surface area contributed by atoms with Gasteiger partial charge in [0.05, 0.1) is 6.54 Å². The fraction of sp³-hybridized carbons (Fsp3) is 0.846. The molecular formula is C13H24N4O2. The van der Waals surface area contributed by atoms with Gasteiger partial charge in [-0.1, -0.05) is 18.9 Å². The molecule has 0 aromatic carbocycles. The zero-order chi connectivity index (χ0) is 13.7. The van der Waals surface area contributed by atoms with Crippen molar-refractivity contribution in [2.45, 2.75) is 39.3 Å². The second-order valence-electron chi connectivity index (χ2n) is 5.45. The number of nitrogens with zero attached hydrogens (tertiary/aromatic N) is 3. The Labute approximate surface area is 114 Å². The van der Waals surface area contributed by atoms with Gasteiger partial charge in [0.25, 0.3) is 0 Å².